The van der Waals surface area contributed by atoms with Crippen molar-refractivity contribution in [1.82, 2.24) is 15.5 Å². The van der Waals surface area contributed by atoms with Crippen LogP contribution in [0.25, 0.3) is 0 Å². The third-order valence-corrected chi connectivity index (χ3v) is 2.85. The van der Waals surface area contributed by atoms with Gasteiger partial charge >= 0.3 is 0 Å². The molecule has 1 aromatic heterocycles. The minimum Gasteiger partial charge on any atom is -0.384 e. The molecule has 1 aromatic rings. The van der Waals surface area contributed by atoms with Gasteiger partial charge in [0.1, 0.15) is 11.9 Å². The highest BCUT2D eigenvalue weighted by atomic mass is 16.5. The highest BCUT2D eigenvalue weighted by Gasteiger charge is 2.30. The van der Waals surface area contributed by atoms with Gasteiger partial charge in [-0.15, -0.1) is 0 Å². The molecule has 1 aliphatic rings. The van der Waals surface area contributed by atoms with Crippen molar-refractivity contribution < 1.29 is 9.53 Å². The Hall–Kier alpha value is -1.56. The zero-order chi connectivity index (χ0) is 11.5. The molecular weight excluding hydrogens is 208 g/mol. The van der Waals surface area contributed by atoms with E-state index in [0.717, 1.165) is 12.0 Å². The van der Waals surface area contributed by atoms with Gasteiger partial charge in [0.25, 0.3) is 0 Å². The van der Waals surface area contributed by atoms with Crippen molar-refractivity contribution in [2.24, 2.45) is 5.92 Å². The minimum absolute atomic E-state index is 0.0781. The molecule has 1 saturated heterocycles. The van der Waals surface area contributed by atoms with Gasteiger partial charge in [-0.3, -0.25) is 9.89 Å². The molecule has 88 valence electrons. The number of carbonyl (C=O) groups excluding carboxylic acids is 1. The Balaban J connectivity index is 1.86. The summed E-state index contributed by atoms with van der Waals surface area (Å²) in [5, 5.41) is 9.19. The minimum atomic E-state index is -0.326. The summed E-state index contributed by atoms with van der Waals surface area (Å²) in [7, 11) is 0. The molecule has 1 amide bonds. The van der Waals surface area contributed by atoms with E-state index in [1.54, 1.807) is 6.20 Å². The van der Waals surface area contributed by atoms with Gasteiger partial charge in [-0.25, -0.2) is 0 Å². The molecule has 2 rings (SSSR count). The first-order valence-corrected chi connectivity index (χ1v) is 5.35. The summed E-state index contributed by atoms with van der Waals surface area (Å²) < 4.78 is 5.36. The highest BCUT2D eigenvalue weighted by Crippen LogP contribution is 2.20. The smallest absolute Gasteiger partial charge is 0.249 e. The van der Waals surface area contributed by atoms with Crippen LogP contribution >= 0.6 is 0 Å². The average Bonchev–Trinajstić information content (AvgIpc) is 2.84. The normalized spacial score (nSPS) is 24.6. The molecule has 0 radical (unpaired) electrons. The summed E-state index contributed by atoms with van der Waals surface area (Å²) in [6, 6.07) is 0. The summed E-state index contributed by atoms with van der Waals surface area (Å²) in [6.45, 7) is 3.06. The number of aromatic nitrogens is 2. The van der Waals surface area contributed by atoms with Crippen molar-refractivity contribution in [3.05, 3.63) is 11.8 Å². The predicted octanol–water partition coefficient (Wildman–Crippen LogP) is 0.0331. The van der Waals surface area contributed by atoms with Crippen LogP contribution in [-0.4, -0.2) is 28.8 Å². The standard InChI is InChI=1S/C10H16N4O2/c1-6-2-3-16-8(6)10(15)12-4-7-5-13-14-9(7)11/h5-6,8H,2-4H2,1H3,(H,12,15)(H3,11,13,14). The van der Waals surface area contributed by atoms with E-state index in [4.69, 9.17) is 10.5 Å². The number of rotatable bonds is 3. The van der Waals surface area contributed by atoms with Gasteiger partial charge < -0.3 is 15.8 Å². The zero-order valence-electron chi connectivity index (χ0n) is 9.19. The number of nitrogens with two attached hydrogens (primary N) is 1. The van der Waals surface area contributed by atoms with E-state index in [1.807, 2.05) is 6.92 Å². The van der Waals surface area contributed by atoms with Crippen LogP contribution in [0.4, 0.5) is 5.82 Å². The molecule has 2 heterocycles. The summed E-state index contributed by atoms with van der Waals surface area (Å²) in [5.41, 5.74) is 6.40. The second-order valence-electron chi connectivity index (χ2n) is 4.08. The largest absolute Gasteiger partial charge is 0.384 e. The molecule has 0 aliphatic carbocycles. The molecule has 2 atom stereocenters. The van der Waals surface area contributed by atoms with E-state index < -0.39 is 0 Å². The van der Waals surface area contributed by atoms with Gasteiger partial charge in [0.2, 0.25) is 5.91 Å². The lowest BCUT2D eigenvalue weighted by atomic mass is 10.0. The quantitative estimate of drug-likeness (QED) is 0.675. The van der Waals surface area contributed by atoms with Gasteiger partial charge in [0.15, 0.2) is 0 Å². The zero-order valence-corrected chi connectivity index (χ0v) is 9.19. The van der Waals surface area contributed by atoms with E-state index in [9.17, 15) is 4.79 Å². The Kier molecular flexibility index (Phi) is 3.09. The summed E-state index contributed by atoms with van der Waals surface area (Å²) in [6.07, 6.45) is 2.22. The third-order valence-electron chi connectivity index (χ3n) is 2.85. The Morgan fingerprint density at radius 3 is 3.19 bits per heavy atom. The fourth-order valence-electron chi connectivity index (χ4n) is 1.78. The molecule has 2 unspecified atom stereocenters. The van der Waals surface area contributed by atoms with Crippen LogP contribution in [0, 0.1) is 5.92 Å². The number of ether oxygens (including phenoxy) is 1. The molecule has 4 N–H and O–H groups in total. The van der Waals surface area contributed by atoms with Crippen molar-refractivity contribution >= 4 is 11.7 Å². The molecule has 0 saturated carbocycles. The Bertz CT molecular complexity index is 377. The van der Waals surface area contributed by atoms with Crippen LogP contribution in [0.5, 0.6) is 0 Å². The molecule has 0 bridgehead atoms. The first kappa shape index (κ1) is 10.9. The van der Waals surface area contributed by atoms with Crippen molar-refractivity contribution in [2.45, 2.75) is 26.0 Å². The lowest BCUT2D eigenvalue weighted by Gasteiger charge is -2.13. The van der Waals surface area contributed by atoms with Crippen molar-refractivity contribution in [2.75, 3.05) is 12.3 Å². The number of nitrogen functional groups attached to an aromatic ring is 1. The number of nitrogens with one attached hydrogen (secondary N) is 2. The maximum Gasteiger partial charge on any atom is 0.249 e. The molecule has 6 nitrogen and oxygen atoms in total. The third kappa shape index (κ3) is 2.16. The molecule has 0 spiro atoms. The van der Waals surface area contributed by atoms with Crippen LogP contribution in [0.15, 0.2) is 6.20 Å². The van der Waals surface area contributed by atoms with E-state index in [-0.39, 0.29) is 17.9 Å². The van der Waals surface area contributed by atoms with Gasteiger partial charge in [-0.1, -0.05) is 6.92 Å². The number of H-pyrrole nitrogens is 1. The fourth-order valence-corrected chi connectivity index (χ4v) is 1.78. The van der Waals surface area contributed by atoms with Gasteiger partial charge in [-0.05, 0) is 12.3 Å². The van der Waals surface area contributed by atoms with Crippen LogP contribution in [0.2, 0.25) is 0 Å². The Morgan fingerprint density at radius 2 is 2.62 bits per heavy atom. The topological polar surface area (TPSA) is 93.0 Å². The SMILES string of the molecule is CC1CCOC1C(=O)NCc1cn[nH]c1N. The van der Waals surface area contributed by atoms with Gasteiger partial charge in [0, 0.05) is 18.7 Å². The van der Waals surface area contributed by atoms with Crippen molar-refractivity contribution in [1.29, 1.82) is 0 Å². The molecule has 1 aliphatic heterocycles. The summed E-state index contributed by atoms with van der Waals surface area (Å²) in [5.74, 6) is 0.688. The number of carbonyl (C=O) groups is 1. The first-order valence-electron chi connectivity index (χ1n) is 5.35. The van der Waals surface area contributed by atoms with E-state index >= 15 is 0 Å². The number of hydrogen-bond donors (Lipinski definition) is 3. The van der Waals surface area contributed by atoms with E-state index in [2.05, 4.69) is 15.5 Å². The Morgan fingerprint density at radius 1 is 1.81 bits per heavy atom. The van der Waals surface area contributed by atoms with Crippen LogP contribution in [-0.2, 0) is 16.1 Å². The lowest BCUT2D eigenvalue weighted by molar-refractivity contribution is -0.131. The average molecular weight is 224 g/mol. The predicted molar refractivity (Wildman–Crippen MR) is 58.4 cm³/mol. The second-order valence-corrected chi connectivity index (χ2v) is 4.08. The summed E-state index contributed by atoms with van der Waals surface area (Å²) in [4.78, 5) is 11.8. The first-order chi connectivity index (χ1) is 7.68. The highest BCUT2D eigenvalue weighted by molar-refractivity contribution is 5.81. The number of aromatic amines is 1. The monoisotopic (exact) mass is 224 g/mol. The molecule has 1 fully saturated rings. The van der Waals surface area contributed by atoms with Gasteiger partial charge in [-0.2, -0.15) is 5.10 Å². The second kappa shape index (κ2) is 4.52. The molecule has 0 aromatic carbocycles. The fraction of sp³-hybridized carbons (Fsp3) is 0.600. The lowest BCUT2D eigenvalue weighted by Crippen LogP contribution is -2.36. The van der Waals surface area contributed by atoms with E-state index in [1.165, 1.54) is 0 Å². The van der Waals surface area contributed by atoms with Crippen molar-refractivity contribution in [3.63, 3.8) is 0 Å². The van der Waals surface area contributed by atoms with Crippen LogP contribution in [0.1, 0.15) is 18.9 Å². The maximum atomic E-state index is 11.8. The maximum absolute atomic E-state index is 11.8. The molecular formula is C10H16N4O2. The van der Waals surface area contributed by atoms with Crippen LogP contribution < -0.4 is 11.1 Å². The Labute approximate surface area is 93.5 Å². The molecule has 16 heavy (non-hydrogen) atoms. The van der Waals surface area contributed by atoms with Gasteiger partial charge in [0.05, 0.1) is 6.20 Å². The number of anilines is 1. The van der Waals surface area contributed by atoms with E-state index in [0.29, 0.717) is 19.0 Å². The number of nitrogens with zero attached hydrogens (tertiary/aromatic N) is 1. The van der Waals surface area contributed by atoms with Crippen LogP contribution in [0.3, 0.4) is 0 Å². The number of hydrogen-bond acceptors (Lipinski definition) is 4. The summed E-state index contributed by atoms with van der Waals surface area (Å²) >= 11 is 0. The number of amides is 1. The van der Waals surface area contributed by atoms with Crippen molar-refractivity contribution in [3.8, 4) is 0 Å². The molecule has 6 heteroatoms.